The highest BCUT2D eigenvalue weighted by atomic mass is 32.1. The molecule has 1 aromatic rings. The number of amides is 2. The molecule has 7 heteroatoms. The van der Waals surface area contributed by atoms with E-state index in [1.54, 1.807) is 11.3 Å². The van der Waals surface area contributed by atoms with Crippen LogP contribution in [0.25, 0.3) is 0 Å². The molecule has 1 unspecified atom stereocenters. The second kappa shape index (κ2) is 6.23. The van der Waals surface area contributed by atoms with Crippen LogP contribution < -0.4 is 10.6 Å². The third kappa shape index (κ3) is 3.29. The number of carbonyl (C=O) groups is 2. The van der Waals surface area contributed by atoms with Crippen LogP contribution in [0.4, 0.5) is 4.79 Å². The van der Waals surface area contributed by atoms with Crippen LogP contribution >= 0.6 is 11.3 Å². The van der Waals surface area contributed by atoms with Gasteiger partial charge >= 0.3 is 12.0 Å². The van der Waals surface area contributed by atoms with Crippen molar-refractivity contribution in [3.63, 3.8) is 0 Å². The first-order chi connectivity index (χ1) is 9.49. The van der Waals surface area contributed by atoms with Crippen LogP contribution in [-0.4, -0.2) is 34.4 Å². The van der Waals surface area contributed by atoms with E-state index in [9.17, 15) is 14.7 Å². The first kappa shape index (κ1) is 14.8. The fourth-order valence-electron chi connectivity index (χ4n) is 2.37. The molecule has 0 aliphatic heterocycles. The van der Waals surface area contributed by atoms with Crippen molar-refractivity contribution in [2.75, 3.05) is 0 Å². The second-order valence-corrected chi connectivity index (χ2v) is 5.92. The smallest absolute Gasteiger partial charge is 0.328 e. The molecule has 1 aliphatic carbocycles. The number of rotatable bonds is 4. The number of urea groups is 1. The summed E-state index contributed by atoms with van der Waals surface area (Å²) in [6, 6.07) is 0.0318. The zero-order valence-electron chi connectivity index (χ0n) is 11.1. The van der Waals surface area contributed by atoms with E-state index < -0.39 is 24.1 Å². The monoisotopic (exact) mass is 298 g/mol. The number of carbonyl (C=O) groups excluding carboxylic acids is 1. The number of aliphatic carboxylic acids is 1. The predicted octanol–water partition coefficient (Wildman–Crippen LogP) is 1.26. The minimum Gasteiger partial charge on any atom is -0.480 e. The Hall–Kier alpha value is -1.60. The van der Waals surface area contributed by atoms with Gasteiger partial charge in [0, 0.05) is 4.88 Å². The van der Waals surface area contributed by atoms with Gasteiger partial charge in [0.2, 0.25) is 0 Å². The van der Waals surface area contributed by atoms with E-state index in [0.29, 0.717) is 0 Å². The van der Waals surface area contributed by atoms with Crippen LogP contribution in [0.5, 0.6) is 0 Å². The summed E-state index contributed by atoms with van der Waals surface area (Å²) in [5.41, 5.74) is 1.11. The first-order valence-corrected chi connectivity index (χ1v) is 7.41. The fraction of sp³-hybridized carbons (Fsp3) is 0.538. The average molecular weight is 298 g/mol. The van der Waals surface area contributed by atoms with Gasteiger partial charge in [-0.25, -0.2) is 9.59 Å². The molecule has 0 aromatic carbocycles. The Morgan fingerprint density at radius 2 is 2.25 bits per heavy atom. The van der Waals surface area contributed by atoms with Gasteiger partial charge in [0.05, 0.1) is 12.1 Å². The van der Waals surface area contributed by atoms with Gasteiger partial charge in [0.15, 0.2) is 6.04 Å². The Morgan fingerprint density at radius 1 is 1.50 bits per heavy atom. The van der Waals surface area contributed by atoms with Crippen molar-refractivity contribution in [1.29, 1.82) is 0 Å². The van der Waals surface area contributed by atoms with Gasteiger partial charge < -0.3 is 20.8 Å². The summed E-state index contributed by atoms with van der Waals surface area (Å²) in [5.74, 6) is -1.25. The maximum atomic E-state index is 11.9. The number of aliphatic hydroxyl groups is 1. The molecule has 1 heterocycles. The highest BCUT2D eigenvalue weighted by Gasteiger charge is 2.27. The molecular weight excluding hydrogens is 280 g/mol. The van der Waals surface area contributed by atoms with E-state index in [4.69, 9.17) is 5.11 Å². The van der Waals surface area contributed by atoms with Gasteiger partial charge in [0.1, 0.15) is 0 Å². The highest BCUT2D eigenvalue weighted by molar-refractivity contribution is 7.10. The molecule has 0 bridgehead atoms. The Morgan fingerprint density at radius 3 is 2.90 bits per heavy atom. The molecule has 0 saturated carbocycles. The Bertz CT molecular complexity index is 500. The van der Waals surface area contributed by atoms with E-state index in [1.807, 2.05) is 11.4 Å². The van der Waals surface area contributed by atoms with Gasteiger partial charge in [0.25, 0.3) is 0 Å². The summed E-state index contributed by atoms with van der Waals surface area (Å²) in [5, 5.41) is 25.3. The van der Waals surface area contributed by atoms with Crippen molar-refractivity contribution >= 4 is 23.3 Å². The third-order valence-electron chi connectivity index (χ3n) is 3.39. The third-order valence-corrected chi connectivity index (χ3v) is 4.39. The van der Waals surface area contributed by atoms with Crippen LogP contribution in [0.1, 0.15) is 36.2 Å². The Balaban J connectivity index is 1.98. The number of carboxylic acid groups (broad SMARTS) is 1. The zero-order chi connectivity index (χ0) is 14.7. The quantitative estimate of drug-likeness (QED) is 0.672. The summed E-state index contributed by atoms with van der Waals surface area (Å²) >= 11 is 1.67. The lowest BCUT2D eigenvalue weighted by molar-refractivity contribution is -0.141. The summed E-state index contributed by atoms with van der Waals surface area (Å²) < 4.78 is 0. The number of nitrogens with one attached hydrogen (secondary N) is 2. The van der Waals surface area contributed by atoms with Gasteiger partial charge in [-0.1, -0.05) is 0 Å². The van der Waals surface area contributed by atoms with Gasteiger partial charge in [-0.15, -0.1) is 11.3 Å². The fourth-order valence-corrected chi connectivity index (χ4v) is 3.35. The van der Waals surface area contributed by atoms with E-state index in [2.05, 4.69) is 10.6 Å². The molecule has 110 valence electrons. The van der Waals surface area contributed by atoms with Gasteiger partial charge in [-0.3, -0.25) is 0 Å². The van der Waals surface area contributed by atoms with Crippen molar-refractivity contribution in [2.24, 2.45) is 0 Å². The minimum atomic E-state index is -1.31. The number of aryl methyl sites for hydroxylation is 1. The molecule has 2 amide bonds. The van der Waals surface area contributed by atoms with Crippen molar-refractivity contribution in [3.05, 3.63) is 21.9 Å². The molecule has 6 nitrogen and oxygen atoms in total. The van der Waals surface area contributed by atoms with E-state index in [1.165, 1.54) is 11.8 Å². The zero-order valence-corrected chi connectivity index (χ0v) is 11.9. The average Bonchev–Trinajstić information content (AvgIpc) is 2.84. The SMILES string of the molecule is C[C@@H](O)[C@H](NC(=O)NC1CCCc2sccc21)C(=O)O. The summed E-state index contributed by atoms with van der Waals surface area (Å²) in [6.07, 6.45) is 1.71. The highest BCUT2D eigenvalue weighted by Crippen LogP contribution is 2.33. The second-order valence-electron chi connectivity index (χ2n) is 4.92. The molecule has 0 spiro atoms. The number of carboxylic acids is 1. The predicted molar refractivity (Wildman–Crippen MR) is 74.8 cm³/mol. The van der Waals surface area contributed by atoms with Crippen molar-refractivity contribution < 1.29 is 19.8 Å². The number of thiophene rings is 1. The lowest BCUT2D eigenvalue weighted by atomic mass is 9.94. The van der Waals surface area contributed by atoms with Crippen molar-refractivity contribution in [1.82, 2.24) is 10.6 Å². The van der Waals surface area contributed by atoms with Crippen LogP contribution in [-0.2, 0) is 11.2 Å². The normalized spacial score (nSPS) is 20.6. The summed E-state index contributed by atoms with van der Waals surface area (Å²) in [4.78, 5) is 24.1. The Kier molecular flexibility index (Phi) is 4.61. The molecule has 4 N–H and O–H groups in total. The molecular formula is C13H18N2O4S. The van der Waals surface area contributed by atoms with Gasteiger partial charge in [-0.05, 0) is 43.2 Å². The summed E-state index contributed by atoms with van der Waals surface area (Å²) in [7, 11) is 0. The molecule has 1 aliphatic rings. The van der Waals surface area contributed by atoms with E-state index >= 15 is 0 Å². The standard InChI is InChI=1S/C13H18N2O4S/c1-7(16)11(12(17)18)15-13(19)14-9-3-2-4-10-8(9)5-6-20-10/h5-7,9,11,16H,2-4H2,1H3,(H,17,18)(H2,14,15,19)/t7-,9?,11+/m1/s1. The first-order valence-electron chi connectivity index (χ1n) is 6.53. The molecule has 1 aromatic heterocycles. The number of fused-ring (bicyclic) bond motifs is 1. The molecule has 3 atom stereocenters. The number of aliphatic hydroxyl groups excluding tert-OH is 1. The maximum absolute atomic E-state index is 11.9. The Labute approximate surface area is 120 Å². The number of hydrogen-bond acceptors (Lipinski definition) is 4. The van der Waals surface area contributed by atoms with Crippen LogP contribution in [0.3, 0.4) is 0 Å². The van der Waals surface area contributed by atoms with Crippen LogP contribution in [0.2, 0.25) is 0 Å². The largest absolute Gasteiger partial charge is 0.480 e. The van der Waals surface area contributed by atoms with Gasteiger partial charge in [-0.2, -0.15) is 0 Å². The molecule has 0 fully saturated rings. The lowest BCUT2D eigenvalue weighted by Gasteiger charge is -2.25. The molecule has 20 heavy (non-hydrogen) atoms. The molecule has 2 rings (SSSR count). The summed E-state index contributed by atoms with van der Waals surface area (Å²) in [6.45, 7) is 1.33. The topological polar surface area (TPSA) is 98.7 Å². The minimum absolute atomic E-state index is 0.0894. The lowest BCUT2D eigenvalue weighted by Crippen LogP contribution is -2.51. The van der Waals surface area contributed by atoms with E-state index in [0.717, 1.165) is 24.8 Å². The maximum Gasteiger partial charge on any atom is 0.328 e. The van der Waals surface area contributed by atoms with Crippen molar-refractivity contribution in [2.45, 2.75) is 44.4 Å². The molecule has 0 saturated heterocycles. The molecule has 0 radical (unpaired) electrons. The van der Waals surface area contributed by atoms with Crippen molar-refractivity contribution in [3.8, 4) is 0 Å². The van der Waals surface area contributed by atoms with Crippen LogP contribution in [0.15, 0.2) is 11.4 Å². The number of hydrogen-bond donors (Lipinski definition) is 4. The van der Waals surface area contributed by atoms with Crippen LogP contribution in [0, 0.1) is 0 Å². The van der Waals surface area contributed by atoms with E-state index in [-0.39, 0.29) is 6.04 Å².